The van der Waals surface area contributed by atoms with Crippen LogP contribution >= 0.6 is 0 Å². The van der Waals surface area contributed by atoms with Gasteiger partial charge in [0.25, 0.3) is 0 Å². The smallest absolute Gasteiger partial charge is 0.410 e. The maximum Gasteiger partial charge on any atom is 0.410 e. The first-order chi connectivity index (χ1) is 12.2. The molecule has 0 radical (unpaired) electrons. The molecule has 2 atom stereocenters. The van der Waals surface area contributed by atoms with Crippen LogP contribution in [0.25, 0.3) is 0 Å². The number of hydrogen-bond acceptors (Lipinski definition) is 4. The zero-order valence-corrected chi connectivity index (χ0v) is 17.8. The minimum absolute atomic E-state index is 0.0672. The van der Waals surface area contributed by atoms with E-state index in [-0.39, 0.29) is 23.2 Å². The van der Waals surface area contributed by atoms with E-state index in [0.29, 0.717) is 18.5 Å². The molecule has 1 amide bonds. The summed E-state index contributed by atoms with van der Waals surface area (Å²) in [7, 11) is 0. The predicted octanol–water partition coefficient (Wildman–Crippen LogP) is 5.11. The molecule has 152 valence electrons. The number of amides is 1. The number of rotatable bonds is 3. The molecule has 1 aromatic rings. The third-order valence-electron chi connectivity index (χ3n) is 5.27. The summed E-state index contributed by atoms with van der Waals surface area (Å²) in [6.07, 6.45) is 2.75. The molecule has 1 fully saturated rings. The average Bonchev–Trinajstić information content (AvgIpc) is 2.87. The van der Waals surface area contributed by atoms with Crippen molar-refractivity contribution in [3.8, 4) is 0 Å². The van der Waals surface area contributed by atoms with Crippen molar-refractivity contribution in [3.63, 3.8) is 0 Å². The molecule has 27 heavy (non-hydrogen) atoms. The number of halogens is 1. The minimum atomic E-state index is -0.606. The predicted molar refractivity (Wildman–Crippen MR) is 103 cm³/mol. The second-order valence-corrected chi connectivity index (χ2v) is 9.82. The number of carbonyl (C=O) groups excluding carboxylic acids is 1. The van der Waals surface area contributed by atoms with Crippen LogP contribution in [0.5, 0.6) is 0 Å². The Morgan fingerprint density at radius 3 is 2.30 bits per heavy atom. The van der Waals surface area contributed by atoms with Crippen LogP contribution < -0.4 is 0 Å². The number of likely N-dealkylation sites (tertiary alicyclic amines) is 1. The number of carbonyl (C=O) groups is 1. The Hall–Kier alpha value is -1.69. The second-order valence-electron chi connectivity index (χ2n) is 9.82. The van der Waals surface area contributed by atoms with Gasteiger partial charge in [0.2, 0.25) is 0 Å². The van der Waals surface area contributed by atoms with Gasteiger partial charge in [-0.3, -0.25) is 9.88 Å². The lowest BCUT2D eigenvalue weighted by atomic mass is 9.79. The molecule has 1 aromatic heterocycles. The Labute approximate surface area is 162 Å². The first-order valence-electron chi connectivity index (χ1n) is 9.47. The zero-order chi connectivity index (χ0) is 20.6. The molecule has 0 aliphatic carbocycles. The van der Waals surface area contributed by atoms with Gasteiger partial charge in [0, 0.05) is 12.6 Å². The van der Waals surface area contributed by atoms with Crippen LogP contribution in [0.15, 0.2) is 18.5 Å². The summed E-state index contributed by atoms with van der Waals surface area (Å²) in [5.74, 6) is -0.420. The van der Waals surface area contributed by atoms with E-state index in [2.05, 4.69) is 39.6 Å². The molecule has 0 spiro atoms. The highest BCUT2D eigenvalue weighted by Crippen LogP contribution is 2.40. The number of pyridine rings is 1. The standard InChI is InChI=1S/C21H33FN2O3/c1-19(2,3)21(7,8)26-16-10-17(14-9-15(22)12-23-11-14)24(13-16)18(25)27-20(4,5)6/h9,11-12,16-17H,10,13H2,1-8H3/t16-,17-/m1/s1. The van der Waals surface area contributed by atoms with E-state index in [1.165, 1.54) is 6.07 Å². The highest BCUT2D eigenvalue weighted by molar-refractivity contribution is 5.69. The SMILES string of the molecule is CC(C)(C)OC(=O)N1C[C@H](OC(C)(C)C(C)(C)C)C[C@@H]1c1cncc(F)c1. The van der Waals surface area contributed by atoms with Crippen molar-refractivity contribution in [2.24, 2.45) is 5.41 Å². The van der Waals surface area contributed by atoms with Crippen molar-refractivity contribution in [2.45, 2.75) is 85.2 Å². The van der Waals surface area contributed by atoms with E-state index in [4.69, 9.17) is 9.47 Å². The van der Waals surface area contributed by atoms with Crippen molar-refractivity contribution in [1.82, 2.24) is 9.88 Å². The van der Waals surface area contributed by atoms with Crippen molar-refractivity contribution in [2.75, 3.05) is 6.54 Å². The summed E-state index contributed by atoms with van der Waals surface area (Å²) in [6.45, 7) is 16.4. The van der Waals surface area contributed by atoms with Gasteiger partial charge in [-0.25, -0.2) is 9.18 Å². The van der Waals surface area contributed by atoms with Gasteiger partial charge in [-0.1, -0.05) is 20.8 Å². The molecule has 0 aromatic carbocycles. The fraction of sp³-hybridized carbons (Fsp3) is 0.714. The average molecular weight is 381 g/mol. The van der Waals surface area contributed by atoms with Gasteiger partial charge in [0.1, 0.15) is 11.4 Å². The van der Waals surface area contributed by atoms with Gasteiger partial charge in [-0.15, -0.1) is 0 Å². The number of aromatic nitrogens is 1. The lowest BCUT2D eigenvalue weighted by Gasteiger charge is -2.40. The van der Waals surface area contributed by atoms with E-state index >= 15 is 0 Å². The van der Waals surface area contributed by atoms with E-state index in [1.807, 2.05) is 20.8 Å². The quantitative estimate of drug-likeness (QED) is 0.731. The van der Waals surface area contributed by atoms with Crippen LogP contribution in [0.2, 0.25) is 0 Å². The molecule has 2 heterocycles. The van der Waals surface area contributed by atoms with E-state index in [9.17, 15) is 9.18 Å². The third-order valence-corrected chi connectivity index (χ3v) is 5.27. The van der Waals surface area contributed by atoms with E-state index in [0.717, 1.165) is 6.20 Å². The summed E-state index contributed by atoms with van der Waals surface area (Å²) in [6, 6.07) is 1.09. The number of hydrogen-bond donors (Lipinski definition) is 0. The lowest BCUT2D eigenvalue weighted by Crippen LogP contribution is -2.43. The molecular weight excluding hydrogens is 347 g/mol. The second kappa shape index (κ2) is 7.38. The normalized spacial score (nSPS) is 21.4. The number of nitrogens with zero attached hydrogens (tertiary/aromatic N) is 2. The molecule has 0 unspecified atom stereocenters. The van der Waals surface area contributed by atoms with Crippen LogP contribution in [0, 0.1) is 11.2 Å². The Kier molecular flexibility index (Phi) is 5.91. The van der Waals surface area contributed by atoms with Crippen molar-refractivity contribution < 1.29 is 18.7 Å². The lowest BCUT2D eigenvalue weighted by molar-refractivity contribution is -0.126. The van der Waals surface area contributed by atoms with Crippen LogP contribution in [0.4, 0.5) is 9.18 Å². The largest absolute Gasteiger partial charge is 0.444 e. The van der Waals surface area contributed by atoms with Gasteiger partial charge in [-0.2, -0.15) is 0 Å². The van der Waals surface area contributed by atoms with Gasteiger partial charge in [0.05, 0.1) is 30.5 Å². The molecule has 1 saturated heterocycles. The fourth-order valence-corrected chi connectivity index (χ4v) is 2.93. The van der Waals surface area contributed by atoms with Crippen LogP contribution in [0.3, 0.4) is 0 Å². The maximum atomic E-state index is 13.7. The molecule has 0 bridgehead atoms. The summed E-state index contributed by atoms with van der Waals surface area (Å²) in [5.41, 5.74) is -0.402. The molecule has 6 heteroatoms. The van der Waals surface area contributed by atoms with Crippen molar-refractivity contribution in [3.05, 3.63) is 29.8 Å². The van der Waals surface area contributed by atoms with Crippen LogP contribution in [0.1, 0.15) is 73.4 Å². The molecule has 1 aliphatic rings. The van der Waals surface area contributed by atoms with Gasteiger partial charge >= 0.3 is 6.09 Å². The van der Waals surface area contributed by atoms with Crippen molar-refractivity contribution in [1.29, 1.82) is 0 Å². The van der Waals surface area contributed by atoms with Gasteiger partial charge in [-0.05, 0) is 51.7 Å². The van der Waals surface area contributed by atoms with Crippen LogP contribution in [-0.2, 0) is 9.47 Å². The fourth-order valence-electron chi connectivity index (χ4n) is 2.93. The summed E-state index contributed by atoms with van der Waals surface area (Å²) >= 11 is 0. The Morgan fingerprint density at radius 2 is 1.78 bits per heavy atom. The molecule has 1 aliphatic heterocycles. The monoisotopic (exact) mass is 380 g/mol. The Balaban J connectivity index is 2.27. The highest BCUT2D eigenvalue weighted by atomic mass is 19.1. The van der Waals surface area contributed by atoms with Crippen molar-refractivity contribution >= 4 is 6.09 Å². The maximum absolute atomic E-state index is 13.7. The summed E-state index contributed by atoms with van der Waals surface area (Å²) in [5, 5.41) is 0. The summed E-state index contributed by atoms with van der Waals surface area (Å²) < 4.78 is 25.7. The molecule has 2 rings (SSSR count). The zero-order valence-electron chi connectivity index (χ0n) is 17.8. The minimum Gasteiger partial charge on any atom is -0.444 e. The van der Waals surface area contributed by atoms with Gasteiger partial charge in [0.15, 0.2) is 0 Å². The van der Waals surface area contributed by atoms with E-state index < -0.39 is 17.5 Å². The number of ether oxygens (including phenoxy) is 2. The first-order valence-corrected chi connectivity index (χ1v) is 9.47. The van der Waals surface area contributed by atoms with Crippen LogP contribution in [-0.4, -0.2) is 39.8 Å². The molecule has 0 N–H and O–H groups in total. The highest BCUT2D eigenvalue weighted by Gasteiger charge is 2.43. The Bertz CT molecular complexity index is 677. The third kappa shape index (κ3) is 5.41. The summed E-state index contributed by atoms with van der Waals surface area (Å²) in [4.78, 5) is 18.3. The van der Waals surface area contributed by atoms with E-state index in [1.54, 1.807) is 11.1 Å². The Morgan fingerprint density at radius 1 is 1.15 bits per heavy atom. The molecular formula is C21H33FN2O3. The first kappa shape index (κ1) is 21.6. The topological polar surface area (TPSA) is 51.7 Å². The molecule has 0 saturated carbocycles. The molecule has 5 nitrogen and oxygen atoms in total. The van der Waals surface area contributed by atoms with Gasteiger partial charge < -0.3 is 9.47 Å².